The Balaban J connectivity index is 1.59. The number of amides is 2. The minimum atomic E-state index is -1.38. The van der Waals surface area contributed by atoms with Gasteiger partial charge in [-0.2, -0.15) is 0 Å². The molecule has 2 amide bonds. The van der Waals surface area contributed by atoms with Crippen molar-refractivity contribution in [2.24, 2.45) is 0 Å². The normalized spacial score (nSPS) is 16.0. The second-order valence-electron chi connectivity index (χ2n) is 13.7. The molecule has 1 fully saturated rings. The first-order chi connectivity index (χ1) is 25.1. The van der Waals surface area contributed by atoms with Gasteiger partial charge >= 0.3 is 12.1 Å². The van der Waals surface area contributed by atoms with Gasteiger partial charge in [0.25, 0.3) is 5.91 Å². The molecule has 12 nitrogen and oxygen atoms in total. The number of esters is 1. The maximum atomic E-state index is 14.8. The molecule has 1 saturated heterocycles. The number of carbonyl (C=O) groups is 4. The Kier molecular flexibility index (Phi) is 13.5. The van der Waals surface area contributed by atoms with Gasteiger partial charge in [-0.3, -0.25) is 9.59 Å². The second kappa shape index (κ2) is 17.6. The van der Waals surface area contributed by atoms with Gasteiger partial charge in [0.05, 0.1) is 11.6 Å². The molecule has 53 heavy (non-hydrogen) atoms. The maximum absolute atomic E-state index is 14.8. The van der Waals surface area contributed by atoms with Crippen LogP contribution in [0.4, 0.5) is 13.6 Å². The molecule has 1 aliphatic rings. The van der Waals surface area contributed by atoms with Gasteiger partial charge in [0, 0.05) is 38.4 Å². The molecule has 1 aliphatic heterocycles. The van der Waals surface area contributed by atoms with Crippen LogP contribution in [0.15, 0.2) is 42.5 Å². The number of methoxy groups -OCH3 is 2. The predicted octanol–water partition coefficient (Wildman–Crippen LogP) is 6.44. The zero-order valence-electron chi connectivity index (χ0n) is 31.2. The smallest absolute Gasteiger partial charge is 0.410 e. The Bertz CT molecular complexity index is 1820. The van der Waals surface area contributed by atoms with Crippen LogP contribution in [0.2, 0.25) is 0 Å². The molecular formula is C39H46F2N2O10. The van der Waals surface area contributed by atoms with Crippen LogP contribution >= 0.6 is 0 Å². The minimum Gasteiger partial charge on any atom is -0.467 e. The van der Waals surface area contributed by atoms with E-state index in [0.29, 0.717) is 41.8 Å². The number of halogens is 2. The van der Waals surface area contributed by atoms with Crippen molar-refractivity contribution in [2.75, 3.05) is 40.9 Å². The minimum absolute atomic E-state index is 0.00910. The molecule has 0 saturated carbocycles. The summed E-state index contributed by atoms with van der Waals surface area (Å²) >= 11 is 0. The number of likely N-dealkylation sites (tertiary alicyclic amines) is 1. The average Bonchev–Trinajstić information content (AvgIpc) is 3.30. The van der Waals surface area contributed by atoms with Gasteiger partial charge in [0.2, 0.25) is 0 Å². The number of aryl methyl sites for hydroxylation is 1. The van der Waals surface area contributed by atoms with Gasteiger partial charge in [-0.25, -0.2) is 18.4 Å². The molecule has 3 aromatic carbocycles. The van der Waals surface area contributed by atoms with Crippen LogP contribution in [-0.4, -0.2) is 87.3 Å². The number of ketones is 1. The van der Waals surface area contributed by atoms with Crippen LogP contribution in [0, 0.1) is 32.4 Å². The van der Waals surface area contributed by atoms with E-state index in [2.05, 4.69) is 5.32 Å². The Hall–Kier alpha value is -5.08. The highest BCUT2D eigenvalue weighted by Gasteiger charge is 2.36. The molecule has 2 atom stereocenters. The first-order valence-electron chi connectivity index (χ1n) is 17.0. The van der Waals surface area contributed by atoms with Gasteiger partial charge in [-0.05, 0) is 101 Å². The van der Waals surface area contributed by atoms with Crippen LogP contribution in [0.1, 0.15) is 86.9 Å². The summed E-state index contributed by atoms with van der Waals surface area (Å²) in [6.45, 7) is 10.7. The Labute approximate surface area is 307 Å². The molecule has 0 aliphatic carbocycles. The number of benzene rings is 3. The summed E-state index contributed by atoms with van der Waals surface area (Å²) < 4.78 is 61.3. The van der Waals surface area contributed by atoms with E-state index in [1.54, 1.807) is 40.7 Å². The summed E-state index contributed by atoms with van der Waals surface area (Å²) in [4.78, 5) is 55.4. The van der Waals surface area contributed by atoms with Crippen molar-refractivity contribution < 1.29 is 56.4 Å². The van der Waals surface area contributed by atoms with Crippen molar-refractivity contribution in [3.63, 3.8) is 0 Å². The lowest BCUT2D eigenvalue weighted by Crippen LogP contribution is -2.52. The van der Waals surface area contributed by atoms with Crippen LogP contribution in [-0.2, 0) is 18.9 Å². The van der Waals surface area contributed by atoms with E-state index in [1.165, 1.54) is 43.4 Å². The first kappa shape index (κ1) is 40.7. The highest BCUT2D eigenvalue weighted by Crippen LogP contribution is 2.30. The standard InChI is InChI=1S/C39H46F2N2O10/c1-22-18-31(51-21-49-8)23(2)24(3)32(22)36(45)42-28-19-43(38(47)53-39(4,5)6)17-9-10-29(28)52-37(46)26-13-11-25(12-14-26)35(44)33-30(50-20-48-7)16-15-27(40)34(33)41/h11-16,18,28-29H,9-10,17,19-21H2,1-8H3,(H,42,45)/t28-,29-/m1/s1. The third-order valence-electron chi connectivity index (χ3n) is 8.62. The number of rotatable bonds is 12. The Morgan fingerprint density at radius 2 is 1.47 bits per heavy atom. The number of hydrogen-bond donors (Lipinski definition) is 1. The number of hydrogen-bond acceptors (Lipinski definition) is 10. The summed E-state index contributed by atoms with van der Waals surface area (Å²) in [5.74, 6) is -4.32. The molecule has 0 spiro atoms. The molecule has 0 aromatic heterocycles. The van der Waals surface area contributed by atoms with Crippen LogP contribution in [0.3, 0.4) is 0 Å². The van der Waals surface area contributed by atoms with Crippen molar-refractivity contribution in [1.82, 2.24) is 10.2 Å². The van der Waals surface area contributed by atoms with Crippen molar-refractivity contribution in [1.29, 1.82) is 0 Å². The Morgan fingerprint density at radius 1 is 0.849 bits per heavy atom. The SMILES string of the molecule is COCOc1cc(C)c(C(=O)N[C@@H]2CN(C(=O)OC(C)(C)C)CCC[C@H]2OC(=O)c2ccc(C(=O)c3c(OCOC)ccc(F)c3F)cc2)c(C)c1C. The molecule has 4 rings (SSSR count). The average molecular weight is 741 g/mol. The predicted molar refractivity (Wildman–Crippen MR) is 189 cm³/mol. The molecule has 0 radical (unpaired) electrons. The zero-order chi connectivity index (χ0) is 39.0. The first-order valence-corrected chi connectivity index (χ1v) is 17.0. The highest BCUT2D eigenvalue weighted by atomic mass is 19.2. The topological polar surface area (TPSA) is 139 Å². The molecule has 14 heteroatoms. The zero-order valence-corrected chi connectivity index (χ0v) is 31.2. The van der Waals surface area contributed by atoms with Gasteiger partial charge in [0.1, 0.15) is 28.8 Å². The lowest BCUT2D eigenvalue weighted by molar-refractivity contribution is 0.0126. The quantitative estimate of drug-likeness (QED) is 0.125. The number of nitrogens with zero attached hydrogens (tertiary/aromatic N) is 1. The van der Waals surface area contributed by atoms with E-state index in [4.69, 9.17) is 28.4 Å². The van der Waals surface area contributed by atoms with E-state index in [9.17, 15) is 28.0 Å². The third kappa shape index (κ3) is 10.1. The lowest BCUT2D eigenvalue weighted by Gasteiger charge is -2.31. The fourth-order valence-electron chi connectivity index (χ4n) is 5.90. The summed E-state index contributed by atoms with van der Waals surface area (Å²) in [7, 11) is 2.85. The van der Waals surface area contributed by atoms with Crippen molar-refractivity contribution in [3.05, 3.63) is 93.0 Å². The van der Waals surface area contributed by atoms with E-state index < -0.39 is 58.7 Å². The van der Waals surface area contributed by atoms with Crippen molar-refractivity contribution in [2.45, 2.75) is 72.1 Å². The third-order valence-corrected chi connectivity index (χ3v) is 8.62. The monoisotopic (exact) mass is 740 g/mol. The van der Waals surface area contributed by atoms with Crippen LogP contribution in [0.5, 0.6) is 11.5 Å². The molecule has 3 aromatic rings. The molecular weight excluding hydrogens is 694 g/mol. The lowest BCUT2D eigenvalue weighted by atomic mass is 9.96. The summed E-state index contributed by atoms with van der Waals surface area (Å²) in [5.41, 5.74) is 1.12. The fraction of sp³-hybridized carbons (Fsp3) is 0.436. The van der Waals surface area contributed by atoms with Gasteiger partial charge in [-0.15, -0.1) is 0 Å². The maximum Gasteiger partial charge on any atom is 0.410 e. The number of nitrogens with one attached hydrogen (secondary N) is 1. The molecule has 0 bridgehead atoms. The largest absolute Gasteiger partial charge is 0.467 e. The second-order valence-corrected chi connectivity index (χ2v) is 13.7. The number of carbonyl (C=O) groups excluding carboxylic acids is 4. The van der Waals surface area contributed by atoms with E-state index >= 15 is 0 Å². The number of ether oxygens (including phenoxy) is 6. The van der Waals surface area contributed by atoms with Crippen LogP contribution in [0.25, 0.3) is 0 Å². The molecule has 0 unspecified atom stereocenters. The van der Waals surface area contributed by atoms with Crippen LogP contribution < -0.4 is 14.8 Å². The Morgan fingerprint density at radius 3 is 2.09 bits per heavy atom. The van der Waals surface area contributed by atoms with Gasteiger partial charge in [-0.1, -0.05) is 12.1 Å². The summed E-state index contributed by atoms with van der Waals surface area (Å²) in [5, 5.41) is 3.01. The fourth-order valence-corrected chi connectivity index (χ4v) is 5.90. The summed E-state index contributed by atoms with van der Waals surface area (Å²) in [6, 6.07) is 8.08. The van der Waals surface area contributed by atoms with E-state index in [0.717, 1.165) is 17.7 Å². The molecule has 286 valence electrons. The van der Waals surface area contributed by atoms with E-state index in [1.807, 2.05) is 6.92 Å². The summed E-state index contributed by atoms with van der Waals surface area (Å²) in [6.07, 6.45) is -0.701. The van der Waals surface area contributed by atoms with Crippen molar-refractivity contribution >= 4 is 23.8 Å². The van der Waals surface area contributed by atoms with E-state index in [-0.39, 0.29) is 37.0 Å². The molecule has 1 heterocycles. The molecule has 1 N–H and O–H groups in total. The van der Waals surface area contributed by atoms with Gasteiger partial charge < -0.3 is 38.6 Å². The van der Waals surface area contributed by atoms with Gasteiger partial charge in [0.15, 0.2) is 31.0 Å². The van der Waals surface area contributed by atoms with Crippen molar-refractivity contribution in [3.8, 4) is 11.5 Å². The highest BCUT2D eigenvalue weighted by molar-refractivity contribution is 6.11.